The summed E-state index contributed by atoms with van der Waals surface area (Å²) in [6.45, 7) is -0.168. The number of aliphatic carboxylic acids is 1. The SMILES string of the molecule is C#CCOC(=O)[C@H]1[C@@H](C(=O)O)N(Cc2ccccc2)C(=O)N1Cc1ccccc1. The molecule has 0 aliphatic carbocycles. The van der Waals surface area contributed by atoms with E-state index in [1.807, 2.05) is 12.1 Å². The largest absolute Gasteiger partial charge is 0.480 e. The second-order valence-electron chi connectivity index (χ2n) is 6.55. The zero-order valence-corrected chi connectivity index (χ0v) is 15.6. The Kier molecular flexibility index (Phi) is 6.15. The molecule has 2 aromatic rings. The van der Waals surface area contributed by atoms with Crippen molar-refractivity contribution in [2.75, 3.05) is 6.61 Å². The van der Waals surface area contributed by atoms with Crippen molar-refractivity contribution >= 4 is 18.0 Å². The first kappa shape index (κ1) is 20.0. The summed E-state index contributed by atoms with van der Waals surface area (Å²) >= 11 is 0. The van der Waals surface area contributed by atoms with Gasteiger partial charge in [0.05, 0.1) is 0 Å². The Balaban J connectivity index is 1.96. The normalized spacial score (nSPS) is 18.4. The third kappa shape index (κ3) is 4.38. The fourth-order valence-corrected chi connectivity index (χ4v) is 3.36. The van der Waals surface area contributed by atoms with E-state index in [1.54, 1.807) is 48.5 Å². The third-order valence-electron chi connectivity index (χ3n) is 4.65. The van der Waals surface area contributed by atoms with Crippen LogP contribution >= 0.6 is 0 Å². The summed E-state index contributed by atoms with van der Waals surface area (Å²) in [5.74, 6) is 0.0629. The molecule has 0 radical (unpaired) electrons. The lowest BCUT2D eigenvalue weighted by Gasteiger charge is -2.23. The number of urea groups is 1. The maximum atomic E-state index is 13.2. The number of hydrogen-bond acceptors (Lipinski definition) is 4. The first-order valence-electron chi connectivity index (χ1n) is 9.01. The Morgan fingerprint density at radius 2 is 1.41 bits per heavy atom. The highest BCUT2D eigenvalue weighted by molar-refractivity contribution is 5.96. The van der Waals surface area contributed by atoms with Gasteiger partial charge in [-0.05, 0) is 11.1 Å². The lowest BCUT2D eigenvalue weighted by Crippen LogP contribution is -2.48. The standard InChI is InChI=1S/C22H20N2O5/c1-2-13-29-21(27)19-18(20(25)26)23(14-16-9-5-3-6-10-16)22(28)24(19)15-17-11-7-4-8-12-17/h1,3-12,18-19H,13-15H2,(H,25,26)/t18-,19+/m0/s1. The molecule has 0 bridgehead atoms. The minimum absolute atomic E-state index is 0.0564. The minimum Gasteiger partial charge on any atom is -0.480 e. The van der Waals surface area contributed by atoms with E-state index < -0.39 is 30.1 Å². The molecule has 3 rings (SSSR count). The number of terminal acetylenes is 1. The van der Waals surface area contributed by atoms with E-state index in [9.17, 15) is 19.5 Å². The average molecular weight is 392 g/mol. The molecule has 7 heteroatoms. The molecule has 1 aliphatic rings. The molecule has 1 N–H and O–H groups in total. The van der Waals surface area contributed by atoms with E-state index in [4.69, 9.17) is 11.2 Å². The van der Waals surface area contributed by atoms with Crippen LogP contribution in [0.3, 0.4) is 0 Å². The minimum atomic E-state index is -1.39. The highest BCUT2D eigenvalue weighted by Gasteiger charge is 2.53. The monoisotopic (exact) mass is 392 g/mol. The van der Waals surface area contributed by atoms with Gasteiger partial charge in [-0.25, -0.2) is 14.4 Å². The third-order valence-corrected chi connectivity index (χ3v) is 4.65. The lowest BCUT2D eigenvalue weighted by molar-refractivity contribution is -0.154. The smallest absolute Gasteiger partial charge is 0.332 e. The van der Waals surface area contributed by atoms with Gasteiger partial charge in [-0.15, -0.1) is 6.42 Å². The molecule has 1 heterocycles. The van der Waals surface area contributed by atoms with Gasteiger partial charge in [-0.1, -0.05) is 66.6 Å². The number of rotatable bonds is 7. The topological polar surface area (TPSA) is 87.1 Å². The van der Waals surface area contributed by atoms with Crippen molar-refractivity contribution in [3.63, 3.8) is 0 Å². The first-order valence-corrected chi connectivity index (χ1v) is 9.01. The summed E-state index contributed by atoms with van der Waals surface area (Å²) in [7, 11) is 0. The van der Waals surface area contributed by atoms with Crippen LogP contribution in [0.2, 0.25) is 0 Å². The average Bonchev–Trinajstić information content (AvgIpc) is 3.00. The van der Waals surface area contributed by atoms with Crippen molar-refractivity contribution in [2.45, 2.75) is 25.2 Å². The number of carbonyl (C=O) groups is 3. The highest BCUT2D eigenvalue weighted by Crippen LogP contribution is 2.28. The van der Waals surface area contributed by atoms with Crippen molar-refractivity contribution < 1.29 is 24.2 Å². The van der Waals surface area contributed by atoms with E-state index in [0.29, 0.717) is 0 Å². The summed E-state index contributed by atoms with van der Waals surface area (Å²) in [5, 5.41) is 9.84. The van der Waals surface area contributed by atoms with Crippen LogP contribution in [0.25, 0.3) is 0 Å². The number of ether oxygens (including phenoxy) is 1. The van der Waals surface area contributed by atoms with Crippen LogP contribution in [0.15, 0.2) is 60.7 Å². The molecule has 0 unspecified atom stereocenters. The fraction of sp³-hybridized carbons (Fsp3) is 0.227. The van der Waals surface area contributed by atoms with Gasteiger partial charge in [0.2, 0.25) is 0 Å². The van der Waals surface area contributed by atoms with Crippen molar-refractivity contribution in [3.05, 3.63) is 71.8 Å². The zero-order chi connectivity index (χ0) is 20.8. The predicted molar refractivity (Wildman–Crippen MR) is 104 cm³/mol. The van der Waals surface area contributed by atoms with Crippen molar-refractivity contribution in [1.82, 2.24) is 9.80 Å². The summed E-state index contributed by atoms with van der Waals surface area (Å²) < 4.78 is 5.01. The Morgan fingerprint density at radius 3 is 1.86 bits per heavy atom. The molecule has 0 aromatic heterocycles. The number of carboxylic acids is 1. The number of hydrogen-bond donors (Lipinski definition) is 1. The van der Waals surface area contributed by atoms with Gasteiger partial charge in [-0.2, -0.15) is 0 Å². The molecule has 1 saturated heterocycles. The number of esters is 1. The molecule has 2 aromatic carbocycles. The van der Waals surface area contributed by atoms with Gasteiger partial charge in [0.15, 0.2) is 18.7 Å². The zero-order valence-electron chi connectivity index (χ0n) is 15.6. The van der Waals surface area contributed by atoms with Gasteiger partial charge in [0, 0.05) is 13.1 Å². The molecule has 7 nitrogen and oxygen atoms in total. The molecule has 2 atom stereocenters. The lowest BCUT2D eigenvalue weighted by atomic mass is 10.1. The second kappa shape index (κ2) is 8.93. The second-order valence-corrected chi connectivity index (χ2v) is 6.55. The maximum Gasteiger partial charge on any atom is 0.332 e. The van der Waals surface area contributed by atoms with E-state index in [0.717, 1.165) is 11.1 Å². The summed E-state index contributed by atoms with van der Waals surface area (Å²) in [5.41, 5.74) is 1.52. The van der Waals surface area contributed by atoms with Crippen molar-refractivity contribution in [3.8, 4) is 12.3 Å². The van der Waals surface area contributed by atoms with E-state index in [2.05, 4.69) is 5.92 Å². The molecule has 29 heavy (non-hydrogen) atoms. The number of nitrogens with zero attached hydrogens (tertiary/aromatic N) is 2. The van der Waals surface area contributed by atoms with Crippen LogP contribution in [-0.4, -0.2) is 51.6 Å². The Bertz CT molecular complexity index is 923. The van der Waals surface area contributed by atoms with Crippen LogP contribution in [0.4, 0.5) is 4.79 Å². The van der Waals surface area contributed by atoms with Crippen molar-refractivity contribution in [2.24, 2.45) is 0 Å². The van der Waals surface area contributed by atoms with Crippen molar-refractivity contribution in [1.29, 1.82) is 0 Å². The molecule has 1 aliphatic heterocycles. The van der Waals surface area contributed by atoms with Crippen LogP contribution in [-0.2, 0) is 27.4 Å². The highest BCUT2D eigenvalue weighted by atomic mass is 16.5. The quantitative estimate of drug-likeness (QED) is 0.576. The summed E-state index contributed by atoms with van der Waals surface area (Å²) in [4.78, 5) is 40.3. The fourth-order valence-electron chi connectivity index (χ4n) is 3.36. The predicted octanol–water partition coefficient (Wildman–Crippen LogP) is 2.12. The van der Waals surface area contributed by atoms with Gasteiger partial charge in [0.1, 0.15) is 0 Å². The van der Waals surface area contributed by atoms with Crippen LogP contribution in [0.1, 0.15) is 11.1 Å². The van der Waals surface area contributed by atoms with E-state index in [1.165, 1.54) is 9.80 Å². The Labute approximate surface area is 168 Å². The molecule has 1 fully saturated rings. The Morgan fingerprint density at radius 1 is 0.931 bits per heavy atom. The van der Waals surface area contributed by atoms with E-state index >= 15 is 0 Å². The molecule has 0 saturated carbocycles. The number of amides is 2. The number of carboxylic acid groups (broad SMARTS) is 1. The first-order chi connectivity index (χ1) is 14.0. The van der Waals surface area contributed by atoms with E-state index in [-0.39, 0.29) is 19.7 Å². The van der Waals surface area contributed by atoms with Crippen LogP contribution < -0.4 is 0 Å². The number of benzene rings is 2. The van der Waals surface area contributed by atoms with Gasteiger partial charge in [0.25, 0.3) is 0 Å². The molecular weight excluding hydrogens is 372 g/mol. The molecule has 0 spiro atoms. The number of carbonyl (C=O) groups excluding carboxylic acids is 2. The van der Waals surface area contributed by atoms with Gasteiger partial charge >= 0.3 is 18.0 Å². The maximum absolute atomic E-state index is 13.2. The summed E-state index contributed by atoms with van der Waals surface area (Å²) in [6.07, 6.45) is 5.15. The van der Waals surface area contributed by atoms with Crippen LogP contribution in [0.5, 0.6) is 0 Å². The van der Waals surface area contributed by atoms with Gasteiger partial charge in [-0.3, -0.25) is 0 Å². The molecule has 2 amide bonds. The summed E-state index contributed by atoms with van der Waals surface area (Å²) in [6, 6.07) is 14.8. The molecule has 148 valence electrons. The van der Waals surface area contributed by atoms with Crippen LogP contribution in [0, 0.1) is 12.3 Å². The molecular formula is C22H20N2O5. The Hall–Kier alpha value is -3.79. The van der Waals surface area contributed by atoms with Gasteiger partial charge < -0.3 is 19.6 Å².